The van der Waals surface area contributed by atoms with Gasteiger partial charge in [-0.05, 0) is 156 Å². The minimum absolute atomic E-state index is 0.00131. The molecule has 8 atom stereocenters. The first-order chi connectivity index (χ1) is 50.9. The van der Waals surface area contributed by atoms with E-state index < -0.39 is 48.3 Å². The first kappa shape index (κ1) is 82.2. The molecule has 562 valence electrons. The third kappa shape index (κ3) is 26.2. The molecular formula is C78H68ClF7O17S4. The molecule has 4 fully saturated rings. The number of alkyl halides is 6. The monoisotopic (exact) mass is 1570 g/mol. The Morgan fingerprint density at radius 2 is 0.682 bits per heavy atom. The van der Waals surface area contributed by atoms with Crippen LogP contribution in [0.4, 0.5) is 30.7 Å². The van der Waals surface area contributed by atoms with Crippen molar-refractivity contribution in [2.24, 2.45) is 0 Å². The van der Waals surface area contributed by atoms with Gasteiger partial charge in [0.25, 0.3) is 0 Å². The highest BCUT2D eigenvalue weighted by Crippen LogP contribution is 2.35. The highest BCUT2D eigenvalue weighted by atomic mass is 35.5. The maximum Gasteiger partial charge on any atom is 0.573 e. The van der Waals surface area contributed by atoms with E-state index in [9.17, 15) is 89.5 Å². The molecule has 17 nitrogen and oxygen atoms in total. The highest BCUT2D eigenvalue weighted by molar-refractivity contribution is 8.16. The quantitative estimate of drug-likeness (QED) is 0.0306. The first-order valence-electron chi connectivity index (χ1n) is 33.0. The summed E-state index contributed by atoms with van der Waals surface area (Å²) < 4.78 is 114. The number of halogens is 8. The Labute approximate surface area is 631 Å². The molecule has 4 heterocycles. The Morgan fingerprint density at radius 1 is 0.374 bits per heavy atom. The molecule has 12 rings (SSSR count). The van der Waals surface area contributed by atoms with E-state index in [0.29, 0.717) is 59.3 Å². The number of hydrogen-bond acceptors (Lipinski definition) is 21. The Kier molecular flexibility index (Phi) is 29.8. The molecular weight excluding hydrogens is 1510 g/mol. The van der Waals surface area contributed by atoms with E-state index in [2.05, 4.69) is 4.74 Å². The number of carbonyl (C=O) groups excluding carboxylic acids is 8. The number of aliphatic hydroxyl groups excluding tert-OH is 4. The van der Waals surface area contributed by atoms with Crippen LogP contribution in [-0.2, 0) is 70.2 Å². The number of ketones is 4. The molecule has 4 aliphatic rings. The third-order valence-corrected chi connectivity index (χ3v) is 21.2. The van der Waals surface area contributed by atoms with Crippen LogP contribution >= 0.6 is 58.6 Å². The lowest BCUT2D eigenvalue weighted by molar-refractivity contribution is -0.274. The summed E-state index contributed by atoms with van der Waals surface area (Å²) in [4.78, 5) is 91.9. The zero-order valence-electron chi connectivity index (χ0n) is 56.3. The molecule has 0 bridgehead atoms. The van der Waals surface area contributed by atoms with Crippen LogP contribution in [0, 0.1) is 5.82 Å². The Morgan fingerprint density at radius 3 is 0.991 bits per heavy atom. The van der Waals surface area contributed by atoms with Gasteiger partial charge in [-0.15, -0.1) is 13.2 Å². The lowest BCUT2D eigenvalue weighted by Crippen LogP contribution is -2.17. The van der Waals surface area contributed by atoms with Gasteiger partial charge in [0.05, 0.1) is 52.2 Å². The number of benzene rings is 8. The van der Waals surface area contributed by atoms with Gasteiger partial charge in [0, 0.05) is 10.6 Å². The fraction of sp³-hybridized carbons (Fsp3) is 0.282. The van der Waals surface area contributed by atoms with E-state index in [1.165, 1.54) is 36.4 Å². The zero-order valence-corrected chi connectivity index (χ0v) is 60.4. The van der Waals surface area contributed by atoms with Crippen molar-refractivity contribution in [1.29, 1.82) is 0 Å². The van der Waals surface area contributed by atoms with Crippen LogP contribution in [0.25, 0.3) is 0 Å². The number of Topliss-reactive ketones (excluding diaryl/α,β-unsaturated/α-hetero) is 4. The van der Waals surface area contributed by atoms with Crippen LogP contribution < -0.4 is 23.7 Å². The predicted molar refractivity (Wildman–Crippen MR) is 389 cm³/mol. The third-order valence-electron chi connectivity index (χ3n) is 16.4. The van der Waals surface area contributed by atoms with Crippen LogP contribution in [0.15, 0.2) is 194 Å². The summed E-state index contributed by atoms with van der Waals surface area (Å²) in [5, 5.41) is 39.4. The second-order valence-electron chi connectivity index (χ2n) is 24.5. The number of aliphatic hydroxyl groups is 4. The van der Waals surface area contributed by atoms with Crippen LogP contribution in [0.1, 0.15) is 100 Å². The smallest absolute Gasteiger partial charge is 0.491 e. The maximum absolute atomic E-state index is 13.6. The van der Waals surface area contributed by atoms with Gasteiger partial charge in [0.1, 0.15) is 85.4 Å². The molecule has 4 saturated heterocycles. The number of thioether (sulfide) groups is 4. The normalized spacial score (nSPS) is 18.3. The fourth-order valence-corrected chi connectivity index (χ4v) is 15.0. The van der Waals surface area contributed by atoms with Gasteiger partial charge in [-0.3, -0.25) is 38.4 Å². The van der Waals surface area contributed by atoms with Crippen LogP contribution in [0.3, 0.4) is 0 Å². The summed E-state index contributed by atoms with van der Waals surface area (Å²) >= 11 is 10.2. The standard InChI is InChI=1S/C20H17F3O5S.C20H17F3O4S.C19H17ClO4S.C19H17FO4S/c21-20(22,23)28-15-7-3-13(4-8-15)17(25)11-27-14-5-1-12(2-6-14)9-18-16(24)10-19(26)29-18;21-20(22,23)14-3-1-2-13(9-14)17(25)11-27-15-6-4-12(5-7-15)8-18-16(24)10-19(26)28-18;20-14-5-3-13(4-6-14)17(22)11-24-15-7-1-12(2-8-15)9-18-16(21)10-19(23)25-18;20-15-4-2-1-3-14(15)17(22)11-24-13-7-5-12(6-8-13)9-18-16(21)10-19(23)25-18/h1-8,17-18,25H,9-11H2;1-7,9,17-18,25H,8,10-11H2;2*1-8,17-18,22H,9-11H2/t4*17-,18?/m0000/s1. The summed E-state index contributed by atoms with van der Waals surface area (Å²) in [7, 11) is 0. The fourth-order valence-electron chi connectivity index (χ4n) is 10.8. The number of hydrogen-bond donors (Lipinski definition) is 4. The molecule has 29 heteroatoms. The number of ether oxygens (including phenoxy) is 5. The minimum Gasteiger partial charge on any atom is -0.491 e. The van der Waals surface area contributed by atoms with Crippen LogP contribution in [0.5, 0.6) is 28.7 Å². The van der Waals surface area contributed by atoms with Crippen LogP contribution in [0.2, 0.25) is 5.02 Å². The van der Waals surface area contributed by atoms with E-state index in [-0.39, 0.29) is 134 Å². The molecule has 8 aromatic rings. The molecule has 0 aromatic heterocycles. The second-order valence-corrected chi connectivity index (χ2v) is 30.0. The summed E-state index contributed by atoms with van der Waals surface area (Å²) in [5.74, 6) is 1.12. The Hall–Kier alpha value is -8.84. The van der Waals surface area contributed by atoms with Gasteiger partial charge in [-0.1, -0.05) is 162 Å². The van der Waals surface area contributed by atoms with E-state index in [0.717, 1.165) is 99.1 Å². The van der Waals surface area contributed by atoms with Gasteiger partial charge < -0.3 is 44.1 Å². The van der Waals surface area contributed by atoms with Crippen molar-refractivity contribution < 1.29 is 113 Å². The molecule has 0 aliphatic carbocycles. The lowest BCUT2D eigenvalue weighted by Gasteiger charge is -2.15. The van der Waals surface area contributed by atoms with E-state index in [4.69, 9.17) is 30.5 Å². The number of carbonyl (C=O) groups is 8. The minimum atomic E-state index is -4.77. The number of rotatable bonds is 25. The zero-order chi connectivity index (χ0) is 77.0. The SMILES string of the molecule is O=C1CC(=O)C(Cc2ccc(OC[C@H](O)c3ccc(Cl)cc3)cc2)S1.O=C1CC(=O)C(Cc2ccc(OC[C@H](O)c3ccc(OC(F)(F)F)cc3)cc2)S1.O=C1CC(=O)C(Cc2ccc(OC[C@H](O)c3cccc(C(F)(F)F)c3)cc2)S1.O=C1CC(=O)C(Cc2ccc(OC[C@H](O)c3ccccc3F)cc2)S1. The lowest BCUT2D eigenvalue weighted by atomic mass is 10.1. The van der Waals surface area contributed by atoms with Gasteiger partial charge in [-0.2, -0.15) is 13.2 Å². The molecule has 0 saturated carbocycles. The molecule has 0 spiro atoms. The first-order valence-corrected chi connectivity index (χ1v) is 36.9. The van der Waals surface area contributed by atoms with Gasteiger partial charge in [0.2, 0.25) is 0 Å². The summed E-state index contributed by atoms with van der Waals surface area (Å²) in [6.07, 6.45) is -11.3. The molecule has 4 N–H and O–H groups in total. The Balaban J connectivity index is 0.000000165. The van der Waals surface area contributed by atoms with Gasteiger partial charge in [0.15, 0.2) is 43.6 Å². The average Bonchev–Trinajstić information content (AvgIpc) is 1.82. The summed E-state index contributed by atoms with van der Waals surface area (Å²) in [6, 6.07) is 50.6. The summed E-state index contributed by atoms with van der Waals surface area (Å²) in [5.41, 5.74) is 4.28. The van der Waals surface area contributed by atoms with Crippen molar-refractivity contribution >= 4 is 102 Å². The van der Waals surface area contributed by atoms with Crippen LogP contribution in [-0.4, -0.2) is 118 Å². The summed E-state index contributed by atoms with van der Waals surface area (Å²) in [6.45, 7) is -0.228. The van der Waals surface area contributed by atoms with Gasteiger partial charge in [-0.25, -0.2) is 4.39 Å². The van der Waals surface area contributed by atoms with Crippen molar-refractivity contribution in [3.63, 3.8) is 0 Å². The molecule has 0 amide bonds. The van der Waals surface area contributed by atoms with Crippen molar-refractivity contribution in [2.45, 2.75) is 109 Å². The molecule has 4 aliphatic heterocycles. The van der Waals surface area contributed by atoms with Gasteiger partial charge >= 0.3 is 12.5 Å². The van der Waals surface area contributed by atoms with Crippen molar-refractivity contribution in [1.82, 2.24) is 0 Å². The average molecular weight is 1570 g/mol. The topological polar surface area (TPSA) is 264 Å². The molecule has 4 unspecified atom stereocenters. The van der Waals surface area contributed by atoms with E-state index in [1.54, 1.807) is 109 Å². The van der Waals surface area contributed by atoms with E-state index >= 15 is 0 Å². The second kappa shape index (κ2) is 38.8. The predicted octanol–water partition coefficient (Wildman–Crippen LogP) is 14.5. The molecule has 107 heavy (non-hydrogen) atoms. The van der Waals surface area contributed by atoms with Crippen molar-refractivity contribution in [3.05, 3.63) is 255 Å². The largest absolute Gasteiger partial charge is 0.573 e. The van der Waals surface area contributed by atoms with Crippen molar-refractivity contribution in [3.8, 4) is 28.7 Å². The van der Waals surface area contributed by atoms with E-state index in [1.807, 2.05) is 24.3 Å². The molecule has 8 aromatic carbocycles. The maximum atomic E-state index is 13.6. The Bertz CT molecular complexity index is 4380. The van der Waals surface area contributed by atoms with Crippen molar-refractivity contribution in [2.75, 3.05) is 26.4 Å². The molecule has 0 radical (unpaired) electrons. The highest BCUT2D eigenvalue weighted by Gasteiger charge is 2.36.